The van der Waals surface area contributed by atoms with Crippen LogP contribution in [-0.2, 0) is 9.59 Å². The van der Waals surface area contributed by atoms with Crippen molar-refractivity contribution in [3.8, 4) is 5.82 Å². The highest BCUT2D eigenvalue weighted by atomic mass is 32.1. The lowest BCUT2D eigenvalue weighted by Gasteiger charge is -2.30. The van der Waals surface area contributed by atoms with E-state index in [0.717, 1.165) is 39.5 Å². The Balaban J connectivity index is 1.78. The van der Waals surface area contributed by atoms with Crippen LogP contribution < -0.4 is 10.2 Å². The highest BCUT2D eigenvalue weighted by molar-refractivity contribution is 7.80. The molecule has 3 aromatic rings. The lowest BCUT2D eigenvalue weighted by Crippen LogP contribution is -2.54. The Morgan fingerprint density at radius 3 is 2.47 bits per heavy atom. The molecule has 0 aliphatic carbocycles. The van der Waals surface area contributed by atoms with Gasteiger partial charge in [0.1, 0.15) is 11.4 Å². The zero-order chi connectivity index (χ0) is 23.2. The van der Waals surface area contributed by atoms with Gasteiger partial charge in [-0.25, -0.2) is 4.98 Å². The van der Waals surface area contributed by atoms with E-state index in [-0.39, 0.29) is 10.7 Å². The third kappa shape index (κ3) is 3.65. The fourth-order valence-corrected chi connectivity index (χ4v) is 4.16. The SMILES string of the molecule is Cc1ccc(-n2c(C)cc(/C=C3\C(=O)NC(=S)N(c4cccc(C)c4C)C3=O)c2C)nc1. The van der Waals surface area contributed by atoms with Crippen molar-refractivity contribution in [1.82, 2.24) is 14.9 Å². The van der Waals surface area contributed by atoms with Crippen molar-refractivity contribution in [2.75, 3.05) is 4.90 Å². The molecule has 162 valence electrons. The van der Waals surface area contributed by atoms with Crippen LogP contribution in [0, 0.1) is 34.6 Å². The number of benzene rings is 1. The van der Waals surface area contributed by atoms with Crippen LogP contribution in [0.2, 0.25) is 0 Å². The quantitative estimate of drug-likeness (QED) is 0.373. The van der Waals surface area contributed by atoms with E-state index in [1.807, 2.05) is 81.8 Å². The maximum atomic E-state index is 13.4. The molecule has 2 amide bonds. The third-order valence-corrected chi connectivity index (χ3v) is 6.10. The summed E-state index contributed by atoms with van der Waals surface area (Å²) in [6.07, 6.45) is 3.44. The van der Waals surface area contributed by atoms with E-state index in [4.69, 9.17) is 12.2 Å². The molecular formula is C25H24N4O2S. The van der Waals surface area contributed by atoms with Crippen LogP contribution in [0.1, 0.15) is 33.6 Å². The molecule has 4 rings (SSSR count). The van der Waals surface area contributed by atoms with E-state index in [2.05, 4.69) is 10.3 Å². The molecule has 1 aromatic carbocycles. The summed E-state index contributed by atoms with van der Waals surface area (Å²) in [6, 6.07) is 11.6. The van der Waals surface area contributed by atoms with Gasteiger partial charge in [-0.05, 0) is 93.4 Å². The highest BCUT2D eigenvalue weighted by Crippen LogP contribution is 2.28. The second-order valence-corrected chi connectivity index (χ2v) is 8.42. The molecule has 2 aromatic heterocycles. The molecule has 0 atom stereocenters. The number of aromatic nitrogens is 2. The first kappa shape index (κ1) is 21.6. The van der Waals surface area contributed by atoms with Crippen LogP contribution in [-0.4, -0.2) is 26.5 Å². The monoisotopic (exact) mass is 444 g/mol. The van der Waals surface area contributed by atoms with Gasteiger partial charge < -0.3 is 4.57 Å². The van der Waals surface area contributed by atoms with Crippen LogP contribution in [0.4, 0.5) is 5.69 Å². The number of thiocarbonyl (C=S) groups is 1. The summed E-state index contributed by atoms with van der Waals surface area (Å²) >= 11 is 5.34. The fraction of sp³-hybridized carbons (Fsp3) is 0.200. The summed E-state index contributed by atoms with van der Waals surface area (Å²) in [7, 11) is 0. The molecule has 3 heterocycles. The van der Waals surface area contributed by atoms with Gasteiger partial charge >= 0.3 is 0 Å². The summed E-state index contributed by atoms with van der Waals surface area (Å²) < 4.78 is 2.00. The van der Waals surface area contributed by atoms with E-state index in [9.17, 15) is 9.59 Å². The number of rotatable bonds is 3. The number of amides is 2. The van der Waals surface area contributed by atoms with Gasteiger partial charge in [0.05, 0.1) is 5.69 Å². The number of carbonyl (C=O) groups excluding carboxylic acids is 2. The van der Waals surface area contributed by atoms with Crippen LogP contribution in [0.3, 0.4) is 0 Å². The Morgan fingerprint density at radius 2 is 1.78 bits per heavy atom. The Morgan fingerprint density at radius 1 is 1.03 bits per heavy atom. The molecule has 32 heavy (non-hydrogen) atoms. The summed E-state index contributed by atoms with van der Waals surface area (Å²) in [5.41, 5.74) is 6.37. The molecular weight excluding hydrogens is 420 g/mol. The molecule has 0 unspecified atom stereocenters. The first-order valence-electron chi connectivity index (χ1n) is 10.3. The van der Waals surface area contributed by atoms with Crippen molar-refractivity contribution in [1.29, 1.82) is 0 Å². The smallest absolute Gasteiger partial charge is 0.270 e. The minimum atomic E-state index is -0.500. The number of nitrogens with zero attached hydrogens (tertiary/aromatic N) is 3. The van der Waals surface area contributed by atoms with Gasteiger partial charge in [0.2, 0.25) is 0 Å². The number of pyridine rings is 1. The van der Waals surface area contributed by atoms with Crippen LogP contribution in [0.5, 0.6) is 0 Å². The summed E-state index contributed by atoms with van der Waals surface area (Å²) in [5, 5.41) is 2.75. The normalized spacial score (nSPS) is 15.5. The van der Waals surface area contributed by atoms with Crippen molar-refractivity contribution >= 4 is 40.9 Å². The molecule has 0 bridgehead atoms. The van der Waals surface area contributed by atoms with Gasteiger partial charge in [-0.3, -0.25) is 19.8 Å². The molecule has 6 nitrogen and oxygen atoms in total. The molecule has 1 saturated heterocycles. The predicted octanol–water partition coefficient (Wildman–Crippen LogP) is 4.25. The van der Waals surface area contributed by atoms with Gasteiger partial charge in [-0.2, -0.15) is 0 Å². The van der Waals surface area contributed by atoms with E-state index in [0.29, 0.717) is 5.69 Å². The molecule has 7 heteroatoms. The van der Waals surface area contributed by atoms with Crippen molar-refractivity contribution in [3.05, 3.63) is 81.8 Å². The topological polar surface area (TPSA) is 67.2 Å². The van der Waals surface area contributed by atoms with Gasteiger partial charge in [0.15, 0.2) is 5.11 Å². The second-order valence-electron chi connectivity index (χ2n) is 8.03. The molecule has 1 aliphatic rings. The van der Waals surface area contributed by atoms with Gasteiger partial charge in [0, 0.05) is 17.6 Å². The Bertz CT molecular complexity index is 1300. The largest absolute Gasteiger partial charge is 0.303 e. The van der Waals surface area contributed by atoms with E-state index >= 15 is 0 Å². The summed E-state index contributed by atoms with van der Waals surface area (Å²) in [5.74, 6) is -0.154. The summed E-state index contributed by atoms with van der Waals surface area (Å²) in [6.45, 7) is 9.81. The van der Waals surface area contributed by atoms with Crippen LogP contribution in [0.15, 0.2) is 48.2 Å². The predicted molar refractivity (Wildman–Crippen MR) is 130 cm³/mol. The van der Waals surface area contributed by atoms with Gasteiger partial charge in [-0.15, -0.1) is 0 Å². The Hall–Kier alpha value is -3.58. The van der Waals surface area contributed by atoms with E-state index in [1.165, 1.54) is 4.90 Å². The average Bonchev–Trinajstić information content (AvgIpc) is 3.02. The minimum Gasteiger partial charge on any atom is -0.303 e. The number of hydrogen-bond acceptors (Lipinski definition) is 4. The third-order valence-electron chi connectivity index (χ3n) is 5.81. The lowest BCUT2D eigenvalue weighted by atomic mass is 10.0. The zero-order valence-corrected chi connectivity index (χ0v) is 19.5. The Labute approximate surface area is 192 Å². The zero-order valence-electron chi connectivity index (χ0n) is 18.7. The van der Waals surface area contributed by atoms with E-state index in [1.54, 1.807) is 6.08 Å². The average molecular weight is 445 g/mol. The lowest BCUT2D eigenvalue weighted by molar-refractivity contribution is -0.122. The molecule has 1 aliphatic heterocycles. The Kier molecular flexibility index (Phi) is 5.52. The van der Waals surface area contributed by atoms with Crippen LogP contribution >= 0.6 is 12.2 Å². The maximum Gasteiger partial charge on any atom is 0.270 e. The molecule has 0 radical (unpaired) electrons. The minimum absolute atomic E-state index is 0.0385. The summed E-state index contributed by atoms with van der Waals surface area (Å²) in [4.78, 5) is 32.0. The fourth-order valence-electron chi connectivity index (χ4n) is 3.89. The molecule has 1 N–H and O–H groups in total. The number of hydrogen-bond donors (Lipinski definition) is 1. The standard InChI is InChI=1S/C25H24N4O2S/c1-14-9-10-22(26-13-14)28-16(3)11-19(18(28)5)12-20-23(30)27-25(32)29(24(20)31)21-8-6-7-15(2)17(21)4/h6-13H,1-5H3,(H,27,30,32)/b20-12+. The molecule has 1 fully saturated rings. The first-order chi connectivity index (χ1) is 15.2. The van der Waals surface area contributed by atoms with Gasteiger partial charge in [-0.1, -0.05) is 18.2 Å². The van der Waals surface area contributed by atoms with Crippen LogP contribution in [0.25, 0.3) is 11.9 Å². The molecule has 0 saturated carbocycles. The number of aryl methyl sites for hydroxylation is 3. The van der Waals surface area contributed by atoms with Crippen molar-refractivity contribution in [3.63, 3.8) is 0 Å². The highest BCUT2D eigenvalue weighted by Gasteiger charge is 2.35. The van der Waals surface area contributed by atoms with Crippen molar-refractivity contribution < 1.29 is 9.59 Å². The van der Waals surface area contributed by atoms with E-state index < -0.39 is 11.8 Å². The van der Waals surface area contributed by atoms with Crippen molar-refractivity contribution in [2.45, 2.75) is 34.6 Å². The number of carbonyl (C=O) groups is 2. The van der Waals surface area contributed by atoms with Gasteiger partial charge in [0.25, 0.3) is 11.8 Å². The molecule has 0 spiro atoms. The first-order valence-corrected chi connectivity index (χ1v) is 10.7. The number of nitrogens with one attached hydrogen (secondary N) is 1. The van der Waals surface area contributed by atoms with Crippen molar-refractivity contribution in [2.24, 2.45) is 0 Å². The maximum absolute atomic E-state index is 13.4. The second kappa shape index (κ2) is 8.16. The number of anilines is 1.